The van der Waals surface area contributed by atoms with E-state index in [1.807, 2.05) is 19.9 Å². The first-order chi connectivity index (χ1) is 9.56. The van der Waals surface area contributed by atoms with Crippen molar-refractivity contribution in [3.8, 4) is 17.1 Å². The highest BCUT2D eigenvalue weighted by molar-refractivity contribution is 6.30. The molecule has 106 valence electrons. The molecule has 0 aliphatic carbocycles. The van der Waals surface area contributed by atoms with Crippen molar-refractivity contribution in [3.05, 3.63) is 40.2 Å². The number of nitrogens with zero attached hydrogens (tertiary/aromatic N) is 2. The van der Waals surface area contributed by atoms with Crippen molar-refractivity contribution in [2.45, 2.75) is 20.3 Å². The fourth-order valence-corrected chi connectivity index (χ4v) is 2.38. The molecule has 2 aromatic rings. The fraction of sp³-hybridized carbons (Fsp3) is 0.333. The minimum Gasteiger partial charge on any atom is -0.496 e. The van der Waals surface area contributed by atoms with Crippen LogP contribution in [0.2, 0.25) is 5.02 Å². The van der Waals surface area contributed by atoms with Crippen molar-refractivity contribution >= 4 is 11.6 Å². The number of aromatic nitrogens is 2. The minimum absolute atomic E-state index is 0.592. The van der Waals surface area contributed by atoms with Crippen LogP contribution < -0.4 is 10.5 Å². The molecule has 4 nitrogen and oxygen atoms in total. The Kier molecular flexibility index (Phi) is 4.57. The molecule has 0 amide bonds. The summed E-state index contributed by atoms with van der Waals surface area (Å²) < 4.78 is 5.35. The van der Waals surface area contributed by atoms with Gasteiger partial charge in [-0.15, -0.1) is 0 Å². The summed E-state index contributed by atoms with van der Waals surface area (Å²) in [5.74, 6) is 1.32. The SMILES string of the molecule is COc1cc(Cl)ccc1-c1nc(C)c(CCN)c(C)n1. The first-order valence-electron chi connectivity index (χ1n) is 6.45. The molecule has 2 N–H and O–H groups in total. The molecule has 0 atom stereocenters. The third-order valence-corrected chi connectivity index (χ3v) is 3.45. The van der Waals surface area contributed by atoms with E-state index in [-0.39, 0.29) is 0 Å². The second-order valence-electron chi connectivity index (χ2n) is 4.58. The number of aryl methyl sites for hydroxylation is 2. The number of nitrogens with two attached hydrogens (primary N) is 1. The molecule has 1 aromatic carbocycles. The Hall–Kier alpha value is -1.65. The largest absolute Gasteiger partial charge is 0.496 e. The third kappa shape index (κ3) is 2.92. The van der Waals surface area contributed by atoms with E-state index in [4.69, 9.17) is 22.1 Å². The molecule has 20 heavy (non-hydrogen) atoms. The Morgan fingerprint density at radius 2 is 1.85 bits per heavy atom. The van der Waals surface area contributed by atoms with Gasteiger partial charge in [-0.25, -0.2) is 9.97 Å². The Bertz CT molecular complexity index is 606. The van der Waals surface area contributed by atoms with Gasteiger partial charge in [0.1, 0.15) is 5.75 Å². The number of methoxy groups -OCH3 is 1. The van der Waals surface area contributed by atoms with Gasteiger partial charge in [-0.2, -0.15) is 0 Å². The maximum atomic E-state index is 5.98. The Balaban J connectivity index is 2.54. The van der Waals surface area contributed by atoms with Crippen LogP contribution >= 0.6 is 11.6 Å². The summed E-state index contributed by atoms with van der Waals surface area (Å²) in [6.45, 7) is 4.55. The molecular formula is C15H18ClN3O. The topological polar surface area (TPSA) is 61.0 Å². The zero-order chi connectivity index (χ0) is 14.7. The van der Waals surface area contributed by atoms with Gasteiger partial charge in [0.2, 0.25) is 0 Å². The van der Waals surface area contributed by atoms with E-state index in [9.17, 15) is 0 Å². The summed E-state index contributed by atoms with van der Waals surface area (Å²) in [4.78, 5) is 9.14. The van der Waals surface area contributed by atoms with E-state index >= 15 is 0 Å². The summed E-state index contributed by atoms with van der Waals surface area (Å²) in [6, 6.07) is 5.44. The molecule has 1 aromatic heterocycles. The maximum Gasteiger partial charge on any atom is 0.163 e. The van der Waals surface area contributed by atoms with E-state index in [0.29, 0.717) is 23.1 Å². The van der Waals surface area contributed by atoms with Crippen LogP contribution in [0.3, 0.4) is 0 Å². The Morgan fingerprint density at radius 3 is 2.40 bits per heavy atom. The van der Waals surface area contributed by atoms with Gasteiger partial charge in [0.15, 0.2) is 5.82 Å². The molecule has 0 bridgehead atoms. The summed E-state index contributed by atoms with van der Waals surface area (Å²) in [5.41, 5.74) is 9.48. The molecule has 0 aliphatic heterocycles. The number of benzene rings is 1. The minimum atomic E-state index is 0.592. The number of ether oxygens (including phenoxy) is 1. The van der Waals surface area contributed by atoms with Crippen LogP contribution in [0.1, 0.15) is 17.0 Å². The van der Waals surface area contributed by atoms with E-state index in [2.05, 4.69) is 9.97 Å². The number of halogens is 1. The highest BCUT2D eigenvalue weighted by atomic mass is 35.5. The lowest BCUT2D eigenvalue weighted by molar-refractivity contribution is 0.416. The highest BCUT2D eigenvalue weighted by Crippen LogP contribution is 2.31. The molecule has 0 unspecified atom stereocenters. The summed E-state index contributed by atoms with van der Waals surface area (Å²) >= 11 is 5.98. The van der Waals surface area contributed by atoms with Crippen LogP contribution in [0.15, 0.2) is 18.2 Å². The highest BCUT2D eigenvalue weighted by Gasteiger charge is 2.13. The number of hydrogen-bond acceptors (Lipinski definition) is 4. The quantitative estimate of drug-likeness (QED) is 0.941. The van der Waals surface area contributed by atoms with E-state index in [0.717, 1.165) is 28.9 Å². The van der Waals surface area contributed by atoms with Gasteiger partial charge in [-0.3, -0.25) is 0 Å². The van der Waals surface area contributed by atoms with Crippen molar-refractivity contribution in [1.29, 1.82) is 0 Å². The molecule has 1 heterocycles. The van der Waals surface area contributed by atoms with Crippen LogP contribution in [0.4, 0.5) is 0 Å². The van der Waals surface area contributed by atoms with Gasteiger partial charge >= 0.3 is 0 Å². The Labute approximate surface area is 124 Å². The van der Waals surface area contributed by atoms with Crippen molar-refractivity contribution in [1.82, 2.24) is 9.97 Å². The summed E-state index contributed by atoms with van der Waals surface area (Å²) in [7, 11) is 1.61. The zero-order valence-electron chi connectivity index (χ0n) is 11.9. The van der Waals surface area contributed by atoms with E-state index in [1.165, 1.54) is 0 Å². The normalized spacial score (nSPS) is 10.7. The first kappa shape index (κ1) is 14.8. The van der Waals surface area contributed by atoms with E-state index in [1.54, 1.807) is 19.2 Å². The Morgan fingerprint density at radius 1 is 1.20 bits per heavy atom. The standard InChI is InChI=1S/C15H18ClN3O/c1-9-12(6-7-17)10(2)19-15(18-9)13-5-4-11(16)8-14(13)20-3/h4-5,8H,6-7,17H2,1-3H3. The summed E-state index contributed by atoms with van der Waals surface area (Å²) in [5, 5.41) is 0.624. The molecule has 5 heteroatoms. The molecular weight excluding hydrogens is 274 g/mol. The van der Waals surface area contributed by atoms with Gasteiger partial charge in [-0.1, -0.05) is 11.6 Å². The molecule has 0 saturated carbocycles. The van der Waals surface area contributed by atoms with Crippen LogP contribution in [-0.2, 0) is 6.42 Å². The first-order valence-corrected chi connectivity index (χ1v) is 6.82. The lowest BCUT2D eigenvalue weighted by atomic mass is 10.1. The van der Waals surface area contributed by atoms with Crippen LogP contribution in [0, 0.1) is 13.8 Å². The van der Waals surface area contributed by atoms with Crippen molar-refractivity contribution in [2.75, 3.05) is 13.7 Å². The average Bonchev–Trinajstić information content (AvgIpc) is 2.42. The molecule has 0 radical (unpaired) electrons. The van der Waals surface area contributed by atoms with Gasteiger partial charge in [-0.05, 0) is 50.6 Å². The predicted molar refractivity (Wildman–Crippen MR) is 81.3 cm³/mol. The number of rotatable bonds is 4. The fourth-order valence-electron chi connectivity index (χ4n) is 2.22. The van der Waals surface area contributed by atoms with Gasteiger partial charge in [0, 0.05) is 16.4 Å². The van der Waals surface area contributed by atoms with E-state index < -0.39 is 0 Å². The smallest absolute Gasteiger partial charge is 0.163 e. The van der Waals surface area contributed by atoms with Crippen molar-refractivity contribution in [3.63, 3.8) is 0 Å². The predicted octanol–water partition coefficient (Wildman–Crippen LogP) is 2.92. The van der Waals surface area contributed by atoms with Crippen molar-refractivity contribution < 1.29 is 4.74 Å². The average molecular weight is 292 g/mol. The third-order valence-electron chi connectivity index (χ3n) is 3.22. The monoisotopic (exact) mass is 291 g/mol. The van der Waals surface area contributed by atoms with Gasteiger partial charge < -0.3 is 10.5 Å². The molecule has 0 spiro atoms. The zero-order valence-corrected chi connectivity index (χ0v) is 12.7. The molecule has 0 fully saturated rings. The number of hydrogen-bond donors (Lipinski definition) is 1. The van der Waals surface area contributed by atoms with Crippen LogP contribution in [0.5, 0.6) is 5.75 Å². The lowest BCUT2D eigenvalue weighted by Crippen LogP contribution is -2.09. The summed E-state index contributed by atoms with van der Waals surface area (Å²) in [6.07, 6.45) is 0.787. The van der Waals surface area contributed by atoms with Gasteiger partial charge in [0.05, 0.1) is 12.7 Å². The molecule has 0 aliphatic rings. The maximum absolute atomic E-state index is 5.98. The second kappa shape index (κ2) is 6.20. The van der Waals surface area contributed by atoms with Crippen LogP contribution in [-0.4, -0.2) is 23.6 Å². The lowest BCUT2D eigenvalue weighted by Gasteiger charge is -2.12. The second-order valence-corrected chi connectivity index (χ2v) is 5.02. The van der Waals surface area contributed by atoms with Crippen molar-refractivity contribution in [2.24, 2.45) is 5.73 Å². The molecule has 2 rings (SSSR count). The van der Waals surface area contributed by atoms with Crippen LogP contribution in [0.25, 0.3) is 11.4 Å². The molecule has 0 saturated heterocycles. The van der Waals surface area contributed by atoms with Gasteiger partial charge in [0.25, 0.3) is 0 Å².